The van der Waals surface area contributed by atoms with Crippen LogP contribution in [0.5, 0.6) is 5.75 Å². The van der Waals surface area contributed by atoms with Gasteiger partial charge in [-0.1, -0.05) is 30.3 Å². The number of rotatable bonds is 4. The molecule has 1 heterocycles. The van der Waals surface area contributed by atoms with Crippen molar-refractivity contribution in [2.75, 3.05) is 7.11 Å². The molecule has 22 heavy (non-hydrogen) atoms. The monoisotopic (exact) mass is 292 g/mol. The Balaban J connectivity index is 2.16. The van der Waals surface area contributed by atoms with E-state index in [1.165, 1.54) is 0 Å². The largest absolute Gasteiger partial charge is 0.496 e. The summed E-state index contributed by atoms with van der Waals surface area (Å²) in [5, 5.41) is 8.30. The first-order chi connectivity index (χ1) is 10.8. The van der Waals surface area contributed by atoms with Gasteiger partial charge in [0.2, 0.25) is 0 Å². The van der Waals surface area contributed by atoms with Gasteiger partial charge in [0.05, 0.1) is 19.0 Å². The van der Waals surface area contributed by atoms with Crippen LogP contribution in [0.2, 0.25) is 0 Å². The highest BCUT2D eigenvalue weighted by Gasteiger charge is 2.14. The maximum Gasteiger partial charge on any atom is 0.128 e. The summed E-state index contributed by atoms with van der Waals surface area (Å²) >= 11 is 0. The number of hydrazone groups is 1. The van der Waals surface area contributed by atoms with Crippen LogP contribution < -0.4 is 10.6 Å². The predicted molar refractivity (Wildman–Crippen MR) is 87.3 cm³/mol. The summed E-state index contributed by atoms with van der Waals surface area (Å²) in [5.74, 6) is 6.08. The molecule has 0 bridgehead atoms. The zero-order valence-corrected chi connectivity index (χ0v) is 12.2. The zero-order valence-electron chi connectivity index (χ0n) is 12.2. The van der Waals surface area contributed by atoms with Crippen LogP contribution in [0.25, 0.3) is 16.9 Å². The molecule has 5 nitrogen and oxygen atoms in total. The van der Waals surface area contributed by atoms with Crippen LogP contribution in [0.3, 0.4) is 0 Å². The Morgan fingerprint density at radius 1 is 1.09 bits per heavy atom. The van der Waals surface area contributed by atoms with Gasteiger partial charge in [-0.2, -0.15) is 10.2 Å². The zero-order chi connectivity index (χ0) is 15.4. The first-order valence-electron chi connectivity index (χ1n) is 6.85. The molecule has 2 N–H and O–H groups in total. The van der Waals surface area contributed by atoms with Crippen molar-refractivity contribution in [2.24, 2.45) is 10.9 Å². The van der Waals surface area contributed by atoms with Gasteiger partial charge in [0.1, 0.15) is 11.4 Å². The highest BCUT2D eigenvalue weighted by Crippen LogP contribution is 2.30. The van der Waals surface area contributed by atoms with Crippen LogP contribution in [0.1, 0.15) is 5.56 Å². The fourth-order valence-corrected chi connectivity index (χ4v) is 2.32. The Morgan fingerprint density at radius 3 is 2.55 bits per heavy atom. The number of methoxy groups -OCH3 is 1. The third-order valence-electron chi connectivity index (χ3n) is 3.34. The van der Waals surface area contributed by atoms with E-state index in [2.05, 4.69) is 10.2 Å². The molecule has 0 saturated heterocycles. The Labute approximate surface area is 128 Å². The lowest BCUT2D eigenvalue weighted by Gasteiger charge is -2.06. The molecule has 3 aromatic rings. The summed E-state index contributed by atoms with van der Waals surface area (Å²) in [6, 6.07) is 17.6. The fourth-order valence-electron chi connectivity index (χ4n) is 2.32. The molecule has 0 radical (unpaired) electrons. The molecule has 5 heteroatoms. The number of nitrogens with two attached hydrogens (primary N) is 1. The van der Waals surface area contributed by atoms with E-state index in [0.29, 0.717) is 0 Å². The summed E-state index contributed by atoms with van der Waals surface area (Å²) in [4.78, 5) is 0. The molecule has 0 unspecified atom stereocenters. The molecule has 0 aliphatic rings. The van der Waals surface area contributed by atoms with Crippen LogP contribution in [-0.4, -0.2) is 23.1 Å². The maximum atomic E-state index is 5.42. The van der Waals surface area contributed by atoms with Crippen LogP contribution in [0.15, 0.2) is 65.9 Å². The van der Waals surface area contributed by atoms with Crippen molar-refractivity contribution < 1.29 is 4.74 Å². The van der Waals surface area contributed by atoms with Gasteiger partial charge in [-0.3, -0.25) is 0 Å². The van der Waals surface area contributed by atoms with Crippen molar-refractivity contribution in [3.8, 4) is 22.7 Å². The first-order valence-corrected chi connectivity index (χ1v) is 6.85. The van der Waals surface area contributed by atoms with Crippen molar-refractivity contribution in [2.45, 2.75) is 0 Å². The van der Waals surface area contributed by atoms with Gasteiger partial charge in [-0.25, -0.2) is 4.68 Å². The van der Waals surface area contributed by atoms with Crippen LogP contribution in [0, 0.1) is 0 Å². The number of benzene rings is 2. The van der Waals surface area contributed by atoms with E-state index in [1.54, 1.807) is 18.0 Å². The van der Waals surface area contributed by atoms with Gasteiger partial charge in [-0.05, 0) is 24.3 Å². The minimum absolute atomic E-state index is 0.757. The van der Waals surface area contributed by atoms with Gasteiger partial charge >= 0.3 is 0 Å². The molecule has 0 saturated carbocycles. The normalized spacial score (nSPS) is 11.0. The number of hydrogen-bond donors (Lipinski definition) is 1. The van der Waals surface area contributed by atoms with Crippen molar-refractivity contribution in [3.05, 3.63) is 66.4 Å². The Kier molecular flexibility index (Phi) is 3.87. The maximum absolute atomic E-state index is 5.42. The Morgan fingerprint density at radius 2 is 1.82 bits per heavy atom. The smallest absolute Gasteiger partial charge is 0.128 e. The van der Waals surface area contributed by atoms with E-state index in [0.717, 1.165) is 28.3 Å². The van der Waals surface area contributed by atoms with Crippen molar-refractivity contribution >= 4 is 6.21 Å². The van der Waals surface area contributed by atoms with E-state index in [-0.39, 0.29) is 0 Å². The summed E-state index contributed by atoms with van der Waals surface area (Å²) in [6.45, 7) is 0. The lowest BCUT2D eigenvalue weighted by molar-refractivity contribution is 0.416. The highest BCUT2D eigenvalue weighted by molar-refractivity contribution is 5.90. The van der Waals surface area contributed by atoms with Crippen molar-refractivity contribution in [1.82, 2.24) is 9.78 Å². The molecule has 0 aliphatic heterocycles. The third-order valence-corrected chi connectivity index (χ3v) is 3.34. The van der Waals surface area contributed by atoms with Gasteiger partial charge in [0.15, 0.2) is 0 Å². The molecule has 0 spiro atoms. The van der Waals surface area contributed by atoms with E-state index in [1.807, 2.05) is 60.8 Å². The van der Waals surface area contributed by atoms with Gasteiger partial charge in [0.25, 0.3) is 0 Å². The average Bonchev–Trinajstić information content (AvgIpc) is 3.00. The second-order valence-electron chi connectivity index (χ2n) is 4.69. The predicted octanol–water partition coefficient (Wildman–Crippen LogP) is 2.84. The van der Waals surface area contributed by atoms with Crippen LogP contribution >= 0.6 is 0 Å². The quantitative estimate of drug-likeness (QED) is 0.457. The lowest BCUT2D eigenvalue weighted by Crippen LogP contribution is -1.95. The molecular weight excluding hydrogens is 276 g/mol. The average molecular weight is 292 g/mol. The molecule has 2 aromatic carbocycles. The van der Waals surface area contributed by atoms with E-state index < -0.39 is 0 Å². The molecule has 0 amide bonds. The molecule has 3 rings (SSSR count). The second-order valence-corrected chi connectivity index (χ2v) is 4.69. The topological polar surface area (TPSA) is 65.4 Å². The Hall–Kier alpha value is -3.08. The minimum Gasteiger partial charge on any atom is -0.496 e. The molecular formula is C17H16N4O. The van der Waals surface area contributed by atoms with Crippen LogP contribution in [0.4, 0.5) is 0 Å². The molecule has 110 valence electrons. The summed E-state index contributed by atoms with van der Waals surface area (Å²) in [5.41, 5.74) is 3.47. The van der Waals surface area contributed by atoms with Gasteiger partial charge in [0, 0.05) is 17.3 Å². The first kappa shape index (κ1) is 13.9. The standard InChI is InChI=1S/C17H16N4O/c1-22-16-10-6-5-9-15(16)17-13(11-19-18)12-21(20-17)14-7-3-2-4-8-14/h2-12H,18H2,1H3/b19-11-. The minimum atomic E-state index is 0.757. The van der Waals surface area contributed by atoms with Gasteiger partial charge in [-0.15, -0.1) is 0 Å². The highest BCUT2D eigenvalue weighted by atomic mass is 16.5. The second kappa shape index (κ2) is 6.13. The van der Waals surface area contributed by atoms with E-state index >= 15 is 0 Å². The fraction of sp³-hybridized carbons (Fsp3) is 0.0588. The van der Waals surface area contributed by atoms with Gasteiger partial charge < -0.3 is 10.6 Å². The summed E-state index contributed by atoms with van der Waals surface area (Å²) in [6.07, 6.45) is 3.49. The molecule has 0 fully saturated rings. The molecule has 1 aromatic heterocycles. The summed E-state index contributed by atoms with van der Waals surface area (Å²) < 4.78 is 7.23. The number of hydrogen-bond acceptors (Lipinski definition) is 4. The number of para-hydroxylation sites is 2. The van der Waals surface area contributed by atoms with Crippen LogP contribution in [-0.2, 0) is 0 Å². The third kappa shape index (κ3) is 2.56. The van der Waals surface area contributed by atoms with Crippen molar-refractivity contribution in [1.29, 1.82) is 0 Å². The Bertz CT molecular complexity index is 793. The SMILES string of the molecule is COc1ccccc1-c1nn(-c2ccccc2)cc1/C=N\N. The number of nitrogens with zero attached hydrogens (tertiary/aromatic N) is 3. The van der Waals surface area contributed by atoms with E-state index in [4.69, 9.17) is 10.6 Å². The summed E-state index contributed by atoms with van der Waals surface area (Å²) in [7, 11) is 1.64. The number of ether oxygens (including phenoxy) is 1. The van der Waals surface area contributed by atoms with Crippen molar-refractivity contribution in [3.63, 3.8) is 0 Å². The number of aromatic nitrogens is 2. The molecule has 0 aliphatic carbocycles. The lowest BCUT2D eigenvalue weighted by atomic mass is 10.1. The molecule has 0 atom stereocenters. The van der Waals surface area contributed by atoms with E-state index in [9.17, 15) is 0 Å².